The van der Waals surface area contributed by atoms with Gasteiger partial charge in [-0.2, -0.15) is 15.2 Å². The van der Waals surface area contributed by atoms with Crippen LogP contribution in [0.2, 0.25) is 0 Å². The Bertz CT molecular complexity index is 1420. The summed E-state index contributed by atoms with van der Waals surface area (Å²) in [4.78, 5) is 68.6. The third kappa shape index (κ3) is 5.85. The lowest BCUT2D eigenvalue weighted by atomic mass is 10.1. The molecule has 14 heteroatoms. The summed E-state index contributed by atoms with van der Waals surface area (Å²) in [6.07, 6.45) is 0. The van der Waals surface area contributed by atoms with Crippen molar-refractivity contribution >= 4 is 29.2 Å². The number of benzene rings is 2. The standard InChI is InChI=1S/C22H20N6O8/c1-34-15-7-5-4-6-13(15)23-18(29)16(17-24-21(32)26-22(33)25-17)28-27-14-10-11(19(30)35-2)8-9-12(14)20(31)36-3/h4-10,16H,1-3H3,(H,23,29)(H2,24,25,26,32,33)/t16-/m0/s1. The molecular weight excluding hydrogens is 476 g/mol. The highest BCUT2D eigenvalue weighted by Crippen LogP contribution is 2.28. The number of rotatable bonds is 8. The van der Waals surface area contributed by atoms with Crippen LogP contribution in [0.25, 0.3) is 0 Å². The van der Waals surface area contributed by atoms with Gasteiger partial charge in [-0.15, -0.1) is 0 Å². The Kier molecular flexibility index (Phi) is 8.02. The lowest BCUT2D eigenvalue weighted by Crippen LogP contribution is -2.31. The van der Waals surface area contributed by atoms with Crippen LogP contribution in [0.1, 0.15) is 32.6 Å². The van der Waals surface area contributed by atoms with Crippen molar-refractivity contribution < 1.29 is 28.6 Å². The Morgan fingerprint density at radius 2 is 1.69 bits per heavy atom. The van der Waals surface area contributed by atoms with Gasteiger partial charge in [0.25, 0.3) is 5.91 Å². The number of ether oxygens (including phenoxy) is 3. The Morgan fingerprint density at radius 1 is 0.972 bits per heavy atom. The fourth-order valence-electron chi connectivity index (χ4n) is 2.98. The molecule has 186 valence electrons. The van der Waals surface area contributed by atoms with Crippen LogP contribution in [0, 0.1) is 0 Å². The number of hydrogen-bond donors (Lipinski definition) is 3. The van der Waals surface area contributed by atoms with Crippen LogP contribution in [-0.4, -0.2) is 54.1 Å². The Morgan fingerprint density at radius 3 is 2.36 bits per heavy atom. The summed E-state index contributed by atoms with van der Waals surface area (Å²) in [5.41, 5.74) is -1.88. The van der Waals surface area contributed by atoms with Crippen LogP contribution in [0.4, 0.5) is 11.4 Å². The van der Waals surface area contributed by atoms with E-state index in [2.05, 4.69) is 30.3 Å². The Balaban J connectivity index is 2.10. The number of nitrogens with zero attached hydrogens (tertiary/aromatic N) is 3. The summed E-state index contributed by atoms with van der Waals surface area (Å²) in [5, 5.41) is 10.4. The number of H-pyrrole nitrogens is 2. The first-order valence-electron chi connectivity index (χ1n) is 10.1. The second-order valence-corrected chi connectivity index (χ2v) is 6.90. The van der Waals surface area contributed by atoms with Gasteiger partial charge in [-0.3, -0.25) is 14.8 Å². The molecule has 14 nitrogen and oxygen atoms in total. The number of para-hydroxylation sites is 2. The van der Waals surface area contributed by atoms with E-state index in [0.29, 0.717) is 5.75 Å². The lowest BCUT2D eigenvalue weighted by molar-refractivity contribution is -0.117. The van der Waals surface area contributed by atoms with Gasteiger partial charge in [0.1, 0.15) is 11.4 Å². The lowest BCUT2D eigenvalue weighted by Gasteiger charge is -2.13. The van der Waals surface area contributed by atoms with Crippen molar-refractivity contribution in [1.82, 2.24) is 15.0 Å². The molecule has 1 heterocycles. The molecule has 36 heavy (non-hydrogen) atoms. The van der Waals surface area contributed by atoms with Crippen LogP contribution in [-0.2, 0) is 14.3 Å². The largest absolute Gasteiger partial charge is 0.495 e. The number of nitrogens with one attached hydrogen (secondary N) is 3. The molecule has 3 N–H and O–H groups in total. The number of aromatic amines is 2. The zero-order valence-corrected chi connectivity index (χ0v) is 19.2. The van der Waals surface area contributed by atoms with Gasteiger partial charge in [0.2, 0.25) is 6.04 Å². The highest BCUT2D eigenvalue weighted by atomic mass is 16.5. The molecule has 3 rings (SSSR count). The molecule has 0 saturated carbocycles. The molecule has 0 aliphatic heterocycles. The molecule has 0 bridgehead atoms. The maximum Gasteiger partial charge on any atom is 0.350 e. The minimum absolute atomic E-state index is 0.0387. The number of methoxy groups -OCH3 is 3. The van der Waals surface area contributed by atoms with Crippen LogP contribution in [0.3, 0.4) is 0 Å². The van der Waals surface area contributed by atoms with Gasteiger partial charge in [0, 0.05) is 0 Å². The van der Waals surface area contributed by atoms with Crippen molar-refractivity contribution in [2.24, 2.45) is 10.2 Å². The first kappa shape index (κ1) is 25.5. The van der Waals surface area contributed by atoms with Crippen LogP contribution in [0.15, 0.2) is 62.3 Å². The minimum atomic E-state index is -1.66. The van der Waals surface area contributed by atoms with E-state index in [1.54, 1.807) is 24.3 Å². The summed E-state index contributed by atoms with van der Waals surface area (Å²) in [5.74, 6) is -2.45. The van der Waals surface area contributed by atoms with Crippen LogP contribution in [0.5, 0.6) is 5.75 Å². The van der Waals surface area contributed by atoms with Crippen molar-refractivity contribution in [1.29, 1.82) is 0 Å². The smallest absolute Gasteiger partial charge is 0.350 e. The quantitative estimate of drug-likeness (QED) is 0.306. The number of azo groups is 1. The van der Waals surface area contributed by atoms with Crippen molar-refractivity contribution in [2.45, 2.75) is 6.04 Å². The van der Waals surface area contributed by atoms with Crippen molar-refractivity contribution in [2.75, 3.05) is 26.6 Å². The summed E-state index contributed by atoms with van der Waals surface area (Å²) >= 11 is 0. The molecule has 1 aromatic heterocycles. The zero-order valence-electron chi connectivity index (χ0n) is 19.2. The van der Waals surface area contributed by atoms with Gasteiger partial charge in [0.15, 0.2) is 5.82 Å². The van der Waals surface area contributed by atoms with E-state index in [9.17, 15) is 24.0 Å². The van der Waals surface area contributed by atoms with Gasteiger partial charge in [0.05, 0.1) is 38.1 Å². The molecule has 0 fully saturated rings. The van der Waals surface area contributed by atoms with E-state index in [1.807, 2.05) is 4.98 Å². The fourth-order valence-corrected chi connectivity index (χ4v) is 2.98. The summed E-state index contributed by atoms with van der Waals surface area (Å²) in [7, 11) is 3.72. The predicted octanol–water partition coefficient (Wildman–Crippen LogP) is 1.50. The molecule has 0 unspecified atom stereocenters. The van der Waals surface area contributed by atoms with E-state index in [-0.39, 0.29) is 22.5 Å². The fraction of sp³-hybridized carbons (Fsp3) is 0.182. The van der Waals surface area contributed by atoms with E-state index >= 15 is 0 Å². The van der Waals surface area contributed by atoms with Gasteiger partial charge < -0.3 is 19.5 Å². The van der Waals surface area contributed by atoms with Crippen LogP contribution >= 0.6 is 0 Å². The van der Waals surface area contributed by atoms with Crippen molar-refractivity contribution in [3.63, 3.8) is 0 Å². The minimum Gasteiger partial charge on any atom is -0.495 e. The molecule has 0 aliphatic rings. The van der Waals surface area contributed by atoms with E-state index in [1.165, 1.54) is 32.4 Å². The Labute approximate surface area is 202 Å². The molecule has 3 aromatic rings. The molecule has 0 saturated heterocycles. The first-order valence-corrected chi connectivity index (χ1v) is 10.1. The van der Waals surface area contributed by atoms with Gasteiger partial charge in [-0.1, -0.05) is 12.1 Å². The average molecular weight is 496 g/mol. The highest BCUT2D eigenvalue weighted by molar-refractivity contribution is 5.98. The number of hydrogen-bond acceptors (Lipinski definition) is 11. The zero-order chi connectivity index (χ0) is 26.2. The van der Waals surface area contributed by atoms with E-state index in [0.717, 1.165) is 7.11 Å². The van der Waals surface area contributed by atoms with Crippen LogP contribution < -0.4 is 21.4 Å². The van der Waals surface area contributed by atoms with Gasteiger partial charge in [-0.05, 0) is 30.3 Å². The Hall–Kier alpha value is -5.14. The number of aromatic nitrogens is 3. The molecular formula is C22H20N6O8. The molecule has 1 amide bonds. The monoisotopic (exact) mass is 496 g/mol. The van der Waals surface area contributed by atoms with Crippen molar-refractivity contribution in [3.05, 3.63) is 80.4 Å². The van der Waals surface area contributed by atoms with Crippen molar-refractivity contribution in [3.8, 4) is 5.75 Å². The first-order chi connectivity index (χ1) is 17.3. The SMILES string of the molecule is COC(=O)c1ccc(C(=O)OC)c(N=N[C@H](C(=O)Nc2ccccc2OC)c2nc(=O)[nH]c(=O)[nH]2)c1. The van der Waals surface area contributed by atoms with Gasteiger partial charge >= 0.3 is 23.3 Å². The number of carbonyl (C=O) groups excluding carboxylic acids is 3. The highest BCUT2D eigenvalue weighted by Gasteiger charge is 2.25. The van der Waals surface area contributed by atoms with Gasteiger partial charge in [-0.25, -0.2) is 19.2 Å². The number of esters is 2. The second-order valence-electron chi connectivity index (χ2n) is 6.90. The summed E-state index contributed by atoms with van der Waals surface area (Å²) in [6.45, 7) is 0. The molecule has 0 radical (unpaired) electrons. The maximum atomic E-state index is 13.2. The molecule has 0 spiro atoms. The summed E-state index contributed by atoms with van der Waals surface area (Å²) < 4.78 is 14.6. The molecule has 2 aromatic carbocycles. The topological polar surface area (TPSA) is 194 Å². The molecule has 1 atom stereocenters. The maximum absolute atomic E-state index is 13.2. The predicted molar refractivity (Wildman–Crippen MR) is 123 cm³/mol. The number of carbonyl (C=O) groups is 3. The third-order valence-electron chi connectivity index (χ3n) is 4.66. The molecule has 0 aliphatic carbocycles. The second kappa shape index (κ2) is 11.3. The number of anilines is 1. The third-order valence-corrected chi connectivity index (χ3v) is 4.66. The summed E-state index contributed by atoms with van der Waals surface area (Å²) in [6, 6.07) is 8.60. The number of amides is 1. The van der Waals surface area contributed by atoms with E-state index < -0.39 is 41.1 Å². The normalized spacial score (nSPS) is 11.5. The van der Waals surface area contributed by atoms with E-state index in [4.69, 9.17) is 9.47 Å². The average Bonchev–Trinajstić information content (AvgIpc) is 2.87.